The topological polar surface area (TPSA) is 94.8 Å². The zero-order chi connectivity index (χ0) is 15.6. The van der Waals surface area contributed by atoms with Gasteiger partial charge in [0, 0.05) is 6.16 Å². The Morgan fingerprint density at radius 3 is 1.85 bits per heavy atom. The fourth-order valence-corrected chi connectivity index (χ4v) is 4.97. The highest BCUT2D eigenvalue weighted by Crippen LogP contribution is 2.63. The number of allylic oxidation sites excluding steroid dienone is 1. The van der Waals surface area contributed by atoms with Crippen molar-refractivity contribution < 1.29 is 28.2 Å². The molecule has 0 aromatic rings. The summed E-state index contributed by atoms with van der Waals surface area (Å²) in [5.74, 6) is 0. The van der Waals surface area contributed by atoms with Crippen molar-refractivity contribution in [3.63, 3.8) is 0 Å². The van der Waals surface area contributed by atoms with Gasteiger partial charge < -0.3 is 14.7 Å². The van der Waals surface area contributed by atoms with Crippen LogP contribution < -0.4 is 0 Å². The first-order valence-corrected chi connectivity index (χ1v) is 10.4. The molecule has 0 aliphatic carbocycles. The van der Waals surface area contributed by atoms with Crippen LogP contribution in [0.3, 0.4) is 0 Å². The molecule has 2 atom stereocenters. The summed E-state index contributed by atoms with van der Waals surface area (Å²) >= 11 is 0. The van der Waals surface area contributed by atoms with Crippen LogP contribution in [0.1, 0.15) is 51.4 Å². The first kappa shape index (κ1) is 20.0. The predicted octanol–water partition coefficient (Wildman–Crippen LogP) is 3.99. The summed E-state index contributed by atoms with van der Waals surface area (Å²) in [6, 6.07) is 0. The molecule has 0 fully saturated rings. The van der Waals surface area contributed by atoms with Crippen molar-refractivity contribution >= 4 is 15.0 Å². The second-order valence-corrected chi connectivity index (χ2v) is 9.38. The maximum Gasteiger partial charge on any atom is 0.369 e. The van der Waals surface area contributed by atoms with E-state index in [0.717, 1.165) is 38.5 Å². The Kier molecular flexibility index (Phi) is 9.86. The lowest BCUT2D eigenvalue weighted by Gasteiger charge is -2.16. The minimum Gasteiger partial charge on any atom is -0.342 e. The van der Waals surface area contributed by atoms with E-state index in [1.807, 2.05) is 6.08 Å². The Balaban J connectivity index is 3.71. The lowest BCUT2D eigenvalue weighted by atomic mass is 10.1. The Morgan fingerprint density at radius 2 is 1.40 bits per heavy atom. The van der Waals surface area contributed by atoms with E-state index in [1.54, 1.807) is 0 Å². The Labute approximate surface area is 119 Å². The highest BCUT2D eigenvalue weighted by Gasteiger charge is 2.43. The van der Waals surface area contributed by atoms with Gasteiger partial charge in [-0.1, -0.05) is 38.2 Å². The van der Waals surface area contributed by atoms with Crippen molar-refractivity contribution in [2.24, 2.45) is 0 Å². The van der Waals surface area contributed by atoms with Crippen LogP contribution in [-0.4, -0.2) is 26.5 Å². The van der Waals surface area contributed by atoms with Crippen molar-refractivity contribution in [1.82, 2.24) is 0 Å². The van der Waals surface area contributed by atoms with Crippen molar-refractivity contribution in [1.29, 1.82) is 0 Å². The van der Waals surface area contributed by atoms with Gasteiger partial charge in [-0.2, -0.15) is 0 Å². The van der Waals surface area contributed by atoms with Crippen molar-refractivity contribution in [2.75, 3.05) is 6.16 Å². The molecule has 5 nitrogen and oxygen atoms in total. The van der Waals surface area contributed by atoms with Gasteiger partial charge in [-0.25, -0.2) is 4.39 Å². The summed E-state index contributed by atoms with van der Waals surface area (Å²) in [6.45, 7) is 3.64. The molecule has 0 amide bonds. The average molecular weight is 330 g/mol. The molecule has 0 aromatic heterocycles. The maximum atomic E-state index is 13.2. The van der Waals surface area contributed by atoms with E-state index in [9.17, 15) is 18.4 Å². The summed E-state index contributed by atoms with van der Waals surface area (Å²) in [6.07, 6.45) is 8.68. The van der Waals surface area contributed by atoms with E-state index in [1.165, 1.54) is 0 Å². The largest absolute Gasteiger partial charge is 0.369 e. The molecule has 0 heterocycles. The molecular weight excluding hydrogens is 305 g/mol. The second-order valence-electron chi connectivity index (χ2n) is 4.93. The van der Waals surface area contributed by atoms with Gasteiger partial charge in [-0.3, -0.25) is 9.13 Å². The molecule has 20 heavy (non-hydrogen) atoms. The second kappa shape index (κ2) is 9.86. The van der Waals surface area contributed by atoms with Gasteiger partial charge in [-0.15, -0.1) is 6.58 Å². The molecule has 2 unspecified atom stereocenters. The fourth-order valence-electron chi connectivity index (χ4n) is 1.85. The summed E-state index contributed by atoms with van der Waals surface area (Å²) in [5.41, 5.74) is -2.95. The number of hydrogen-bond acceptors (Lipinski definition) is 2. The van der Waals surface area contributed by atoms with E-state index in [4.69, 9.17) is 9.79 Å². The molecule has 0 aliphatic rings. The molecule has 0 spiro atoms. The lowest BCUT2D eigenvalue weighted by Crippen LogP contribution is -2.05. The van der Waals surface area contributed by atoms with E-state index in [-0.39, 0.29) is 6.16 Å². The maximum absolute atomic E-state index is 13.2. The first-order valence-electron chi connectivity index (χ1n) is 6.83. The third-order valence-electron chi connectivity index (χ3n) is 3.00. The van der Waals surface area contributed by atoms with E-state index < -0.39 is 20.6 Å². The van der Waals surface area contributed by atoms with Crippen molar-refractivity contribution in [3.8, 4) is 0 Å². The van der Waals surface area contributed by atoms with E-state index in [2.05, 4.69) is 6.58 Å². The summed E-state index contributed by atoms with van der Waals surface area (Å²) < 4.78 is 35.2. The summed E-state index contributed by atoms with van der Waals surface area (Å²) in [5, 5.41) is 0. The standard InChI is InChI=1S/C12H25FO5P2/c1-2-3-4-5-6-7-8-9-10-11-19(14,15)12(13)20(16,17)18/h2,12H,1,3-11H2,(H,14,15)(H2,16,17,18). The van der Waals surface area contributed by atoms with Crippen LogP contribution >= 0.6 is 15.0 Å². The monoisotopic (exact) mass is 330 g/mol. The minimum absolute atomic E-state index is 0.306. The van der Waals surface area contributed by atoms with Crippen LogP contribution in [0.25, 0.3) is 0 Å². The molecule has 3 N–H and O–H groups in total. The minimum atomic E-state index is -5.14. The molecule has 0 saturated heterocycles. The molecule has 0 rings (SSSR count). The number of alkyl halides is 1. The number of unbranched alkanes of at least 4 members (excludes halogenated alkanes) is 7. The third-order valence-corrected chi connectivity index (χ3v) is 7.16. The fraction of sp³-hybridized carbons (Fsp3) is 0.833. The van der Waals surface area contributed by atoms with E-state index >= 15 is 0 Å². The Hall–Kier alpha value is 0.01000. The summed E-state index contributed by atoms with van der Waals surface area (Å²) in [4.78, 5) is 26.4. The zero-order valence-corrected chi connectivity index (χ0v) is 13.4. The van der Waals surface area contributed by atoms with Gasteiger partial charge in [-0.05, 0) is 19.3 Å². The average Bonchev–Trinajstić information content (AvgIpc) is 2.34. The quantitative estimate of drug-likeness (QED) is 0.286. The van der Waals surface area contributed by atoms with Crippen molar-refractivity contribution in [2.45, 2.75) is 57.0 Å². The molecule has 0 radical (unpaired) electrons. The lowest BCUT2D eigenvalue weighted by molar-refractivity contribution is 0.320. The molecule has 8 heteroatoms. The van der Waals surface area contributed by atoms with Crippen LogP contribution in [0.5, 0.6) is 0 Å². The van der Waals surface area contributed by atoms with Gasteiger partial charge in [0.1, 0.15) is 0 Å². The molecule has 0 aliphatic heterocycles. The first-order chi connectivity index (χ1) is 9.22. The highest BCUT2D eigenvalue weighted by molar-refractivity contribution is 7.73. The predicted molar refractivity (Wildman–Crippen MR) is 78.8 cm³/mol. The highest BCUT2D eigenvalue weighted by atomic mass is 31.2. The molecule has 0 bridgehead atoms. The van der Waals surface area contributed by atoms with Crippen molar-refractivity contribution in [3.05, 3.63) is 12.7 Å². The van der Waals surface area contributed by atoms with E-state index in [0.29, 0.717) is 12.8 Å². The van der Waals surface area contributed by atoms with Gasteiger partial charge in [0.2, 0.25) is 7.37 Å². The molecular formula is C12H25FO5P2. The Bertz CT molecular complexity index is 369. The molecule has 0 aromatic carbocycles. The van der Waals surface area contributed by atoms with Gasteiger partial charge in [0.25, 0.3) is 5.65 Å². The van der Waals surface area contributed by atoms with Crippen LogP contribution in [0.15, 0.2) is 12.7 Å². The van der Waals surface area contributed by atoms with Crippen LogP contribution in [-0.2, 0) is 9.13 Å². The smallest absolute Gasteiger partial charge is 0.342 e. The number of rotatable bonds is 12. The summed E-state index contributed by atoms with van der Waals surface area (Å²) in [7, 11) is -9.56. The number of halogens is 1. The SMILES string of the molecule is C=CCCCCCCCCCP(=O)(O)C(F)P(=O)(O)O. The van der Waals surface area contributed by atoms with Gasteiger partial charge in [0.05, 0.1) is 0 Å². The molecule has 120 valence electrons. The normalized spacial score (nSPS) is 16.6. The van der Waals surface area contributed by atoms with Crippen LogP contribution in [0, 0.1) is 0 Å². The third kappa shape index (κ3) is 9.04. The van der Waals surface area contributed by atoms with Gasteiger partial charge in [0.15, 0.2) is 0 Å². The Morgan fingerprint density at radius 1 is 0.950 bits per heavy atom. The zero-order valence-electron chi connectivity index (χ0n) is 11.7. The molecule has 0 saturated carbocycles. The van der Waals surface area contributed by atoms with Gasteiger partial charge >= 0.3 is 7.60 Å². The van der Waals surface area contributed by atoms with Crippen LogP contribution in [0.2, 0.25) is 0 Å². The number of hydrogen-bond donors (Lipinski definition) is 3. The van der Waals surface area contributed by atoms with Crippen LogP contribution in [0.4, 0.5) is 4.39 Å².